The molecule has 8 nitrogen and oxygen atoms in total. The Hall–Kier alpha value is -3.70. The average molecular weight is 403 g/mol. The number of benzene rings is 2. The zero-order valence-corrected chi connectivity index (χ0v) is 16.2. The number of nitroso groups, excluding NO2 is 1. The molecule has 2 atom stereocenters. The van der Waals surface area contributed by atoms with Crippen LogP contribution in [0.4, 0.5) is 5.69 Å². The van der Waals surface area contributed by atoms with Gasteiger partial charge in [-0.15, -0.1) is 4.91 Å². The first kappa shape index (κ1) is 19.6. The fourth-order valence-corrected chi connectivity index (χ4v) is 3.80. The van der Waals surface area contributed by atoms with Crippen LogP contribution in [0.5, 0.6) is 11.5 Å². The van der Waals surface area contributed by atoms with Gasteiger partial charge in [-0.1, -0.05) is 0 Å². The van der Waals surface area contributed by atoms with Gasteiger partial charge in [-0.2, -0.15) is 5.26 Å². The molecule has 0 saturated carbocycles. The van der Waals surface area contributed by atoms with Crippen LogP contribution in [0.3, 0.4) is 0 Å². The fourth-order valence-electron chi connectivity index (χ4n) is 3.80. The third-order valence-electron chi connectivity index (χ3n) is 5.36. The lowest BCUT2D eigenvalue weighted by Gasteiger charge is -2.23. The Bertz CT molecular complexity index is 1120. The van der Waals surface area contributed by atoms with Crippen molar-refractivity contribution >= 4 is 22.5 Å². The number of fused-ring (bicyclic) bond motifs is 1. The second-order valence-corrected chi connectivity index (χ2v) is 7.34. The van der Waals surface area contributed by atoms with Crippen molar-refractivity contribution in [3.8, 4) is 17.6 Å². The molecular weight excluding hydrogens is 382 g/mol. The number of aromatic amines is 1. The van der Waals surface area contributed by atoms with Gasteiger partial charge in [-0.3, -0.25) is 4.79 Å². The molecule has 4 rings (SSSR count). The summed E-state index contributed by atoms with van der Waals surface area (Å²) in [7, 11) is 0. The Balaban J connectivity index is 1.51. The van der Waals surface area contributed by atoms with Crippen LogP contribution < -0.4 is 10.5 Å². The molecule has 2 unspecified atom stereocenters. The molecule has 1 aliphatic rings. The van der Waals surface area contributed by atoms with Crippen molar-refractivity contribution in [1.82, 2.24) is 9.88 Å². The third-order valence-corrected chi connectivity index (χ3v) is 5.36. The SMILES string of the molecule is N#CC1CCCN1C(=O)C(N)Cc1c[nH]c2ccc(Oc3ccc(N=O)cc3)cc12. The number of carbonyl (C=O) groups is 1. The smallest absolute Gasteiger partial charge is 0.240 e. The standard InChI is InChI=1S/C22H21N5O3/c23-12-16-2-1-9-27(16)22(28)20(24)10-14-13-25-21-8-7-18(11-19(14)21)30-17-5-3-15(26-29)4-6-17/h3-8,11,13,16,20,25H,1-2,9-10,24H2. The zero-order chi connectivity index (χ0) is 21.1. The Morgan fingerprint density at radius 2 is 2.07 bits per heavy atom. The van der Waals surface area contributed by atoms with Gasteiger partial charge in [0.2, 0.25) is 5.91 Å². The van der Waals surface area contributed by atoms with E-state index < -0.39 is 6.04 Å². The van der Waals surface area contributed by atoms with Crippen molar-refractivity contribution < 1.29 is 9.53 Å². The maximum atomic E-state index is 12.7. The molecule has 1 aliphatic heterocycles. The summed E-state index contributed by atoms with van der Waals surface area (Å²) in [5.74, 6) is 1.02. The number of hydrogen-bond donors (Lipinski definition) is 2. The topological polar surface area (TPSA) is 125 Å². The molecule has 1 aromatic heterocycles. The second kappa shape index (κ2) is 8.35. The van der Waals surface area contributed by atoms with Crippen LogP contribution in [-0.4, -0.2) is 34.4 Å². The van der Waals surface area contributed by atoms with Crippen molar-refractivity contribution in [2.75, 3.05) is 6.54 Å². The quantitative estimate of drug-likeness (QED) is 0.607. The molecule has 152 valence electrons. The van der Waals surface area contributed by atoms with Gasteiger partial charge in [0, 0.05) is 23.6 Å². The summed E-state index contributed by atoms with van der Waals surface area (Å²) in [4.78, 5) is 28.0. The average Bonchev–Trinajstić information content (AvgIpc) is 3.40. The first-order valence-corrected chi connectivity index (χ1v) is 9.76. The minimum Gasteiger partial charge on any atom is -0.457 e. The molecule has 3 N–H and O–H groups in total. The predicted octanol–water partition coefficient (Wildman–Crippen LogP) is 3.74. The second-order valence-electron chi connectivity index (χ2n) is 7.34. The minimum absolute atomic E-state index is 0.190. The van der Waals surface area contributed by atoms with E-state index in [0.717, 1.165) is 22.9 Å². The van der Waals surface area contributed by atoms with Crippen LogP contribution in [0.15, 0.2) is 53.8 Å². The number of H-pyrrole nitrogens is 1. The molecule has 0 bridgehead atoms. The van der Waals surface area contributed by atoms with E-state index in [9.17, 15) is 15.0 Å². The van der Waals surface area contributed by atoms with E-state index in [0.29, 0.717) is 36.6 Å². The normalized spacial score (nSPS) is 16.9. The number of nitrogens with one attached hydrogen (secondary N) is 1. The molecule has 1 saturated heterocycles. The van der Waals surface area contributed by atoms with Crippen LogP contribution >= 0.6 is 0 Å². The lowest BCUT2D eigenvalue weighted by molar-refractivity contribution is -0.132. The van der Waals surface area contributed by atoms with Crippen LogP contribution in [-0.2, 0) is 11.2 Å². The summed E-state index contributed by atoms with van der Waals surface area (Å²) in [6.07, 6.45) is 3.73. The van der Waals surface area contributed by atoms with Gasteiger partial charge in [0.1, 0.15) is 23.2 Å². The number of nitrogens with two attached hydrogens (primary N) is 1. The minimum atomic E-state index is -0.717. The monoisotopic (exact) mass is 403 g/mol. The molecule has 3 aromatic rings. The summed E-state index contributed by atoms with van der Waals surface area (Å²) in [5.41, 5.74) is 8.36. The van der Waals surface area contributed by atoms with Gasteiger partial charge in [0.15, 0.2) is 0 Å². The summed E-state index contributed by atoms with van der Waals surface area (Å²) < 4.78 is 5.87. The number of ether oxygens (including phenoxy) is 1. The fraction of sp³-hybridized carbons (Fsp3) is 0.273. The van der Waals surface area contributed by atoms with Gasteiger partial charge >= 0.3 is 0 Å². The molecule has 1 amide bonds. The summed E-state index contributed by atoms with van der Waals surface area (Å²) in [5, 5.41) is 13.0. The maximum absolute atomic E-state index is 12.7. The predicted molar refractivity (Wildman–Crippen MR) is 112 cm³/mol. The highest BCUT2D eigenvalue weighted by molar-refractivity contribution is 5.87. The molecule has 8 heteroatoms. The van der Waals surface area contributed by atoms with E-state index in [1.807, 2.05) is 24.4 Å². The Kier molecular flexibility index (Phi) is 5.46. The number of hydrogen-bond acceptors (Lipinski definition) is 6. The highest BCUT2D eigenvalue weighted by Gasteiger charge is 2.31. The van der Waals surface area contributed by atoms with E-state index in [2.05, 4.69) is 16.2 Å². The molecule has 0 radical (unpaired) electrons. The molecule has 0 aliphatic carbocycles. The maximum Gasteiger partial charge on any atom is 0.240 e. The van der Waals surface area contributed by atoms with Gasteiger partial charge in [-0.25, -0.2) is 0 Å². The number of amides is 1. The van der Waals surface area contributed by atoms with Gasteiger partial charge in [0.25, 0.3) is 0 Å². The number of carbonyl (C=O) groups excluding carboxylic acids is 1. The third kappa shape index (κ3) is 3.88. The van der Waals surface area contributed by atoms with Crippen molar-refractivity contribution in [3.63, 3.8) is 0 Å². The molecule has 30 heavy (non-hydrogen) atoms. The van der Waals surface area contributed by atoms with Crippen LogP contribution in [0, 0.1) is 16.2 Å². The number of aromatic nitrogens is 1. The van der Waals surface area contributed by atoms with E-state index in [4.69, 9.17) is 10.5 Å². The summed E-state index contributed by atoms with van der Waals surface area (Å²) >= 11 is 0. The summed E-state index contributed by atoms with van der Waals surface area (Å²) in [6.45, 7) is 0.578. The van der Waals surface area contributed by atoms with E-state index in [-0.39, 0.29) is 11.9 Å². The van der Waals surface area contributed by atoms with Gasteiger partial charge in [0.05, 0.1) is 12.1 Å². The number of nitrogens with zero attached hydrogens (tertiary/aromatic N) is 3. The van der Waals surface area contributed by atoms with Crippen molar-refractivity contribution in [3.05, 3.63) is 59.1 Å². The lowest BCUT2D eigenvalue weighted by Crippen LogP contribution is -2.46. The molecule has 2 heterocycles. The largest absolute Gasteiger partial charge is 0.457 e. The number of likely N-dealkylation sites (tertiary alicyclic amines) is 1. The Morgan fingerprint density at radius 3 is 2.80 bits per heavy atom. The van der Waals surface area contributed by atoms with Crippen LogP contribution in [0.2, 0.25) is 0 Å². The highest BCUT2D eigenvalue weighted by Crippen LogP contribution is 2.29. The van der Waals surface area contributed by atoms with E-state index >= 15 is 0 Å². The van der Waals surface area contributed by atoms with Gasteiger partial charge < -0.3 is 20.4 Å². The lowest BCUT2D eigenvalue weighted by atomic mass is 10.0. The van der Waals surface area contributed by atoms with Crippen molar-refractivity contribution in [2.24, 2.45) is 10.9 Å². The molecule has 2 aromatic carbocycles. The Morgan fingerprint density at radius 1 is 1.30 bits per heavy atom. The zero-order valence-electron chi connectivity index (χ0n) is 16.2. The number of rotatable bonds is 6. The van der Waals surface area contributed by atoms with Crippen LogP contribution in [0.1, 0.15) is 18.4 Å². The molecule has 0 spiro atoms. The molecular formula is C22H21N5O3. The van der Waals surface area contributed by atoms with Crippen molar-refractivity contribution in [1.29, 1.82) is 5.26 Å². The first-order valence-electron chi connectivity index (χ1n) is 9.76. The van der Waals surface area contributed by atoms with Crippen molar-refractivity contribution in [2.45, 2.75) is 31.3 Å². The number of nitriles is 1. The molecule has 1 fully saturated rings. The van der Waals surface area contributed by atoms with Gasteiger partial charge in [-0.05, 0) is 72.5 Å². The highest BCUT2D eigenvalue weighted by atomic mass is 16.5. The first-order chi connectivity index (χ1) is 14.6. The summed E-state index contributed by atoms with van der Waals surface area (Å²) in [6, 6.07) is 13.2. The van der Waals surface area contributed by atoms with E-state index in [1.54, 1.807) is 29.2 Å². The van der Waals surface area contributed by atoms with E-state index in [1.165, 1.54) is 0 Å². The van der Waals surface area contributed by atoms with Crippen LogP contribution in [0.25, 0.3) is 10.9 Å². The Labute approximate surface area is 173 Å².